The van der Waals surface area contributed by atoms with Crippen LogP contribution in [0.25, 0.3) is 0 Å². The first-order valence-corrected chi connectivity index (χ1v) is 15.2. The lowest BCUT2D eigenvalue weighted by atomic mass is 10.1. The van der Waals surface area contributed by atoms with Crippen LogP contribution in [-0.4, -0.2) is 43.8 Å². The number of anilines is 1. The van der Waals surface area contributed by atoms with E-state index in [1.807, 2.05) is 45.0 Å². The second-order valence-corrected chi connectivity index (χ2v) is 12.7. The quantitative estimate of drug-likeness (QED) is 0.283. The topological polar surface area (TPSA) is 86.8 Å². The molecular formula is C29H33BrClN3O4S. The molecule has 0 aliphatic carbocycles. The minimum absolute atomic E-state index is 0.0443. The number of hydrogen-bond acceptors (Lipinski definition) is 4. The van der Waals surface area contributed by atoms with Crippen LogP contribution in [0.5, 0.6) is 0 Å². The Morgan fingerprint density at radius 2 is 1.64 bits per heavy atom. The van der Waals surface area contributed by atoms with Gasteiger partial charge in [0.2, 0.25) is 11.8 Å². The van der Waals surface area contributed by atoms with E-state index in [4.69, 9.17) is 11.6 Å². The molecule has 2 atom stereocenters. The summed E-state index contributed by atoms with van der Waals surface area (Å²) < 4.78 is 29.6. The Morgan fingerprint density at radius 3 is 2.23 bits per heavy atom. The minimum Gasteiger partial charge on any atom is -0.352 e. The lowest BCUT2D eigenvalue weighted by Gasteiger charge is -2.32. The average molecular weight is 635 g/mol. The van der Waals surface area contributed by atoms with Crippen molar-refractivity contribution in [1.82, 2.24) is 10.2 Å². The third-order valence-electron chi connectivity index (χ3n) is 6.42. The number of carbonyl (C=O) groups excluding carboxylic acids is 2. The molecule has 0 bridgehead atoms. The van der Waals surface area contributed by atoms with E-state index in [0.29, 0.717) is 5.02 Å². The fourth-order valence-corrected chi connectivity index (χ4v) is 5.69. The Balaban J connectivity index is 2.02. The van der Waals surface area contributed by atoms with Gasteiger partial charge in [0.1, 0.15) is 12.6 Å². The predicted octanol–water partition coefficient (Wildman–Crippen LogP) is 5.94. The number of aryl methyl sites for hydroxylation is 1. The summed E-state index contributed by atoms with van der Waals surface area (Å²) in [5.74, 6) is -0.842. The van der Waals surface area contributed by atoms with Gasteiger partial charge < -0.3 is 10.2 Å². The minimum atomic E-state index is -4.14. The van der Waals surface area contributed by atoms with Gasteiger partial charge in [-0.3, -0.25) is 13.9 Å². The second kappa shape index (κ2) is 13.5. The third kappa shape index (κ3) is 8.06. The molecule has 10 heteroatoms. The van der Waals surface area contributed by atoms with Crippen LogP contribution in [0.3, 0.4) is 0 Å². The molecule has 0 saturated carbocycles. The Morgan fingerprint density at radius 1 is 1.00 bits per heavy atom. The smallest absolute Gasteiger partial charge is 0.264 e. The molecule has 0 spiro atoms. The monoisotopic (exact) mass is 633 g/mol. The number of rotatable bonds is 11. The van der Waals surface area contributed by atoms with E-state index < -0.39 is 28.5 Å². The Kier molecular flexibility index (Phi) is 10.6. The van der Waals surface area contributed by atoms with Crippen LogP contribution in [-0.2, 0) is 26.2 Å². The molecule has 0 aliphatic heterocycles. The van der Waals surface area contributed by atoms with E-state index in [1.54, 1.807) is 37.3 Å². The summed E-state index contributed by atoms with van der Waals surface area (Å²) in [5, 5.41) is 3.25. The van der Waals surface area contributed by atoms with Gasteiger partial charge in [-0.1, -0.05) is 70.3 Å². The van der Waals surface area contributed by atoms with Gasteiger partial charge in [0.05, 0.1) is 10.6 Å². The fourth-order valence-electron chi connectivity index (χ4n) is 3.83. The summed E-state index contributed by atoms with van der Waals surface area (Å²) in [6.07, 6.45) is 0.733. The normalized spacial score (nSPS) is 12.9. The van der Waals surface area contributed by atoms with Crippen LogP contribution in [0.2, 0.25) is 5.02 Å². The molecular weight excluding hydrogens is 602 g/mol. The molecule has 1 N–H and O–H groups in total. The van der Waals surface area contributed by atoms with Crippen LogP contribution < -0.4 is 9.62 Å². The van der Waals surface area contributed by atoms with Gasteiger partial charge in [-0.25, -0.2) is 8.42 Å². The van der Waals surface area contributed by atoms with Gasteiger partial charge in [0.25, 0.3) is 10.0 Å². The molecule has 7 nitrogen and oxygen atoms in total. The van der Waals surface area contributed by atoms with Crippen molar-refractivity contribution in [2.24, 2.45) is 0 Å². The summed E-state index contributed by atoms with van der Waals surface area (Å²) >= 11 is 9.62. The first-order valence-electron chi connectivity index (χ1n) is 12.6. The highest BCUT2D eigenvalue weighted by atomic mass is 79.9. The van der Waals surface area contributed by atoms with Crippen molar-refractivity contribution in [3.8, 4) is 0 Å². The fraction of sp³-hybridized carbons (Fsp3) is 0.310. The van der Waals surface area contributed by atoms with Gasteiger partial charge >= 0.3 is 0 Å². The highest BCUT2D eigenvalue weighted by molar-refractivity contribution is 9.10. The van der Waals surface area contributed by atoms with Crippen LogP contribution in [0.1, 0.15) is 38.3 Å². The highest BCUT2D eigenvalue weighted by Gasteiger charge is 2.32. The van der Waals surface area contributed by atoms with Crippen molar-refractivity contribution < 1.29 is 18.0 Å². The molecule has 2 amide bonds. The lowest BCUT2D eigenvalue weighted by Crippen LogP contribution is -2.52. The lowest BCUT2D eigenvalue weighted by molar-refractivity contribution is -0.139. The molecule has 0 heterocycles. The number of nitrogens with one attached hydrogen (secondary N) is 1. The molecule has 0 saturated heterocycles. The van der Waals surface area contributed by atoms with Gasteiger partial charge in [0.15, 0.2) is 0 Å². The Labute approximate surface area is 244 Å². The van der Waals surface area contributed by atoms with Crippen molar-refractivity contribution in [1.29, 1.82) is 0 Å². The Hall–Kier alpha value is -2.88. The molecule has 0 aliphatic rings. The molecule has 0 aromatic heterocycles. The number of benzene rings is 3. The molecule has 3 aromatic carbocycles. The zero-order chi connectivity index (χ0) is 28.7. The van der Waals surface area contributed by atoms with Crippen molar-refractivity contribution >= 4 is 55.1 Å². The number of hydrogen-bond donors (Lipinski definition) is 1. The SMILES string of the molecule is CCC(C)NC(=O)C(C)N(Cc1ccc(Br)cc1)C(=O)CN(c1cccc(Cl)c1)S(=O)(=O)c1ccc(C)cc1. The predicted molar refractivity (Wildman–Crippen MR) is 159 cm³/mol. The van der Waals surface area contributed by atoms with Crippen LogP contribution >= 0.6 is 27.5 Å². The molecule has 0 fully saturated rings. The summed E-state index contributed by atoms with van der Waals surface area (Å²) in [4.78, 5) is 28.5. The molecule has 39 heavy (non-hydrogen) atoms. The van der Waals surface area contributed by atoms with Crippen molar-refractivity contribution in [3.63, 3.8) is 0 Å². The summed E-state index contributed by atoms with van der Waals surface area (Å²) in [5.41, 5.74) is 1.95. The van der Waals surface area contributed by atoms with Gasteiger partial charge in [0, 0.05) is 22.1 Å². The first-order chi connectivity index (χ1) is 18.4. The average Bonchev–Trinajstić information content (AvgIpc) is 2.90. The van der Waals surface area contributed by atoms with E-state index in [1.165, 1.54) is 23.1 Å². The van der Waals surface area contributed by atoms with Crippen molar-refractivity contribution in [2.45, 2.75) is 57.6 Å². The largest absolute Gasteiger partial charge is 0.352 e. The molecule has 2 unspecified atom stereocenters. The summed E-state index contributed by atoms with van der Waals surface area (Å²) in [6.45, 7) is 6.95. The van der Waals surface area contributed by atoms with Gasteiger partial charge in [-0.05, 0) is 75.2 Å². The van der Waals surface area contributed by atoms with E-state index in [0.717, 1.165) is 26.3 Å². The molecule has 3 aromatic rings. The van der Waals surface area contributed by atoms with Crippen molar-refractivity contribution in [3.05, 3.63) is 93.4 Å². The number of sulfonamides is 1. The van der Waals surface area contributed by atoms with Crippen LogP contribution in [0.15, 0.2) is 82.2 Å². The number of carbonyl (C=O) groups is 2. The maximum absolute atomic E-state index is 13.9. The zero-order valence-electron chi connectivity index (χ0n) is 22.4. The first kappa shape index (κ1) is 30.7. The number of amides is 2. The van der Waals surface area contributed by atoms with Gasteiger partial charge in [-0.2, -0.15) is 0 Å². The standard InChI is InChI=1S/C29H33BrClN3O4S/c1-5-21(3)32-29(36)22(4)33(18-23-11-13-24(30)14-12-23)28(35)19-34(26-8-6-7-25(31)17-26)39(37,38)27-15-9-20(2)10-16-27/h6-17,21-22H,5,18-19H2,1-4H3,(H,32,36). The van der Waals surface area contributed by atoms with Crippen LogP contribution in [0, 0.1) is 6.92 Å². The van der Waals surface area contributed by atoms with E-state index >= 15 is 0 Å². The number of nitrogens with zero attached hydrogens (tertiary/aromatic N) is 2. The number of halogens is 2. The molecule has 208 valence electrons. The highest BCUT2D eigenvalue weighted by Crippen LogP contribution is 2.27. The maximum Gasteiger partial charge on any atom is 0.264 e. The van der Waals surface area contributed by atoms with Crippen LogP contribution in [0.4, 0.5) is 5.69 Å². The zero-order valence-corrected chi connectivity index (χ0v) is 25.6. The summed E-state index contributed by atoms with van der Waals surface area (Å²) in [6, 6.07) is 19.2. The maximum atomic E-state index is 13.9. The molecule has 3 rings (SSSR count). The van der Waals surface area contributed by atoms with E-state index in [9.17, 15) is 18.0 Å². The third-order valence-corrected chi connectivity index (χ3v) is 8.97. The van der Waals surface area contributed by atoms with Crippen molar-refractivity contribution in [2.75, 3.05) is 10.8 Å². The van der Waals surface area contributed by atoms with E-state index in [2.05, 4.69) is 21.2 Å². The van der Waals surface area contributed by atoms with Gasteiger partial charge in [-0.15, -0.1) is 0 Å². The van der Waals surface area contributed by atoms with E-state index in [-0.39, 0.29) is 29.1 Å². The Bertz CT molecular complexity index is 1400. The molecule has 0 radical (unpaired) electrons. The second-order valence-electron chi connectivity index (χ2n) is 9.45. The summed E-state index contributed by atoms with van der Waals surface area (Å²) in [7, 11) is -4.14.